The summed E-state index contributed by atoms with van der Waals surface area (Å²) < 4.78 is 0. The van der Waals surface area contributed by atoms with E-state index in [1.54, 1.807) is 0 Å². The van der Waals surface area contributed by atoms with Crippen LogP contribution in [0.1, 0.15) is 85.0 Å². The third kappa shape index (κ3) is 8.38. The Morgan fingerprint density at radius 1 is 0.957 bits per heavy atom. The second-order valence-corrected chi connectivity index (χ2v) is 7.21. The van der Waals surface area contributed by atoms with E-state index in [-0.39, 0.29) is 17.9 Å². The molecule has 0 unspecified atom stereocenters. The Morgan fingerprint density at radius 2 is 1.65 bits per heavy atom. The summed E-state index contributed by atoms with van der Waals surface area (Å²) in [6.07, 6.45) is 10.1. The minimum atomic E-state index is 0.000650. The molecule has 4 nitrogen and oxygen atoms in total. The minimum Gasteiger partial charge on any atom is -0.356 e. The third-order valence-corrected chi connectivity index (χ3v) is 5.23. The van der Waals surface area contributed by atoms with Gasteiger partial charge in [0.15, 0.2) is 0 Å². The van der Waals surface area contributed by atoms with Crippen LogP contribution in [-0.2, 0) is 9.59 Å². The summed E-state index contributed by atoms with van der Waals surface area (Å²) >= 11 is 0. The van der Waals surface area contributed by atoms with Crippen LogP contribution in [0.5, 0.6) is 0 Å². The molecule has 0 aromatic carbocycles. The Balaban J connectivity index is 2.09. The maximum Gasteiger partial charge on any atom is 0.220 e. The van der Waals surface area contributed by atoms with Gasteiger partial charge < -0.3 is 10.6 Å². The van der Waals surface area contributed by atoms with Crippen molar-refractivity contribution < 1.29 is 9.59 Å². The molecule has 0 radical (unpaired) electrons. The van der Waals surface area contributed by atoms with E-state index in [1.165, 1.54) is 38.5 Å². The first-order chi connectivity index (χ1) is 11.0. The van der Waals surface area contributed by atoms with E-state index < -0.39 is 0 Å². The zero-order valence-electron chi connectivity index (χ0n) is 15.3. The van der Waals surface area contributed by atoms with Crippen LogP contribution in [0.4, 0.5) is 0 Å². The first-order valence-electron chi connectivity index (χ1n) is 9.60. The van der Waals surface area contributed by atoms with Gasteiger partial charge in [-0.05, 0) is 24.7 Å². The van der Waals surface area contributed by atoms with Crippen LogP contribution in [0.25, 0.3) is 0 Å². The molecule has 0 aromatic heterocycles. The van der Waals surface area contributed by atoms with Gasteiger partial charge in [-0.25, -0.2) is 0 Å². The molecule has 1 fully saturated rings. The fourth-order valence-corrected chi connectivity index (χ4v) is 3.34. The standard InChI is InChI=1S/C19H36N2O2/c1-4-5-6-7-8-14-20-18(22)12-13-19(23)21-17-11-9-10-15(2)16(17)3/h15-17H,4-14H2,1-3H3,(H,20,22)(H,21,23)/t15-,16+,17+/m0/s1. The molecule has 0 aliphatic heterocycles. The van der Waals surface area contributed by atoms with E-state index >= 15 is 0 Å². The summed E-state index contributed by atoms with van der Waals surface area (Å²) in [5.41, 5.74) is 0. The smallest absolute Gasteiger partial charge is 0.220 e. The highest BCUT2D eigenvalue weighted by atomic mass is 16.2. The van der Waals surface area contributed by atoms with Gasteiger partial charge >= 0.3 is 0 Å². The first-order valence-corrected chi connectivity index (χ1v) is 9.60. The SMILES string of the molecule is CCCCCCCNC(=O)CCC(=O)N[C@@H]1CCC[C@H](C)[C@H]1C. The average Bonchev–Trinajstić information content (AvgIpc) is 2.53. The molecule has 0 aromatic rings. The summed E-state index contributed by atoms with van der Waals surface area (Å²) in [6.45, 7) is 7.42. The Bertz CT molecular complexity index is 357. The molecular weight excluding hydrogens is 288 g/mol. The molecule has 1 rings (SSSR count). The van der Waals surface area contributed by atoms with Crippen LogP contribution in [0.15, 0.2) is 0 Å². The fourth-order valence-electron chi connectivity index (χ4n) is 3.34. The average molecular weight is 325 g/mol. The van der Waals surface area contributed by atoms with Crippen molar-refractivity contribution in [2.45, 2.75) is 91.0 Å². The van der Waals surface area contributed by atoms with Crippen LogP contribution in [0.3, 0.4) is 0 Å². The van der Waals surface area contributed by atoms with E-state index in [0.717, 1.165) is 19.4 Å². The van der Waals surface area contributed by atoms with Crippen LogP contribution in [0.2, 0.25) is 0 Å². The second-order valence-electron chi connectivity index (χ2n) is 7.21. The van der Waals surface area contributed by atoms with Crippen LogP contribution < -0.4 is 10.6 Å². The number of amides is 2. The first kappa shape index (κ1) is 20.0. The van der Waals surface area contributed by atoms with E-state index in [0.29, 0.717) is 24.7 Å². The fraction of sp³-hybridized carbons (Fsp3) is 0.895. The van der Waals surface area contributed by atoms with Gasteiger partial charge in [0.1, 0.15) is 0 Å². The molecule has 0 spiro atoms. The maximum absolute atomic E-state index is 12.0. The molecular formula is C19H36N2O2. The topological polar surface area (TPSA) is 58.2 Å². The quantitative estimate of drug-likeness (QED) is 0.601. The molecule has 3 atom stereocenters. The Kier molecular flexibility index (Phi) is 9.97. The van der Waals surface area contributed by atoms with Crippen molar-refractivity contribution in [1.29, 1.82) is 0 Å². The van der Waals surface area contributed by atoms with Crippen molar-refractivity contribution in [1.82, 2.24) is 10.6 Å². The van der Waals surface area contributed by atoms with Gasteiger partial charge in [-0.3, -0.25) is 9.59 Å². The van der Waals surface area contributed by atoms with E-state index in [4.69, 9.17) is 0 Å². The van der Waals surface area contributed by atoms with Gasteiger partial charge in [0.05, 0.1) is 0 Å². The molecule has 1 aliphatic carbocycles. The summed E-state index contributed by atoms with van der Waals surface area (Å²) in [5, 5.41) is 6.04. The Labute approximate surface area is 142 Å². The van der Waals surface area contributed by atoms with E-state index in [9.17, 15) is 9.59 Å². The van der Waals surface area contributed by atoms with Crippen molar-refractivity contribution in [3.63, 3.8) is 0 Å². The number of hydrogen-bond acceptors (Lipinski definition) is 2. The molecule has 2 amide bonds. The molecule has 0 bridgehead atoms. The summed E-state index contributed by atoms with van der Waals surface area (Å²) in [6, 6.07) is 0.285. The monoisotopic (exact) mass is 324 g/mol. The molecule has 134 valence electrons. The Hall–Kier alpha value is -1.06. The summed E-state index contributed by atoms with van der Waals surface area (Å²) in [5.74, 6) is 1.23. The van der Waals surface area contributed by atoms with Crippen LogP contribution in [0, 0.1) is 11.8 Å². The lowest BCUT2D eigenvalue weighted by Gasteiger charge is -2.34. The van der Waals surface area contributed by atoms with Gasteiger partial charge in [-0.1, -0.05) is 59.3 Å². The maximum atomic E-state index is 12.0. The van der Waals surface area contributed by atoms with Crippen LogP contribution in [-0.4, -0.2) is 24.4 Å². The number of unbranched alkanes of at least 4 members (excludes halogenated alkanes) is 4. The van der Waals surface area contributed by atoms with Gasteiger partial charge in [0.2, 0.25) is 11.8 Å². The highest BCUT2D eigenvalue weighted by Gasteiger charge is 2.27. The molecule has 0 heterocycles. The normalized spacial score (nSPS) is 24.2. The second kappa shape index (κ2) is 11.5. The zero-order valence-corrected chi connectivity index (χ0v) is 15.3. The zero-order chi connectivity index (χ0) is 17.1. The lowest BCUT2D eigenvalue weighted by molar-refractivity contribution is -0.127. The predicted octanol–water partition coefficient (Wildman–Crippen LogP) is 3.79. The molecule has 0 saturated heterocycles. The Morgan fingerprint density at radius 3 is 2.39 bits per heavy atom. The summed E-state index contributed by atoms with van der Waals surface area (Å²) in [7, 11) is 0. The predicted molar refractivity (Wildman–Crippen MR) is 95.1 cm³/mol. The van der Waals surface area contributed by atoms with Gasteiger partial charge in [0, 0.05) is 25.4 Å². The molecule has 23 heavy (non-hydrogen) atoms. The van der Waals surface area contributed by atoms with Crippen LogP contribution >= 0.6 is 0 Å². The number of rotatable bonds is 10. The van der Waals surface area contributed by atoms with Crippen molar-refractivity contribution in [3.8, 4) is 0 Å². The van der Waals surface area contributed by atoms with Crippen molar-refractivity contribution in [2.24, 2.45) is 11.8 Å². The van der Waals surface area contributed by atoms with E-state index in [2.05, 4.69) is 31.4 Å². The molecule has 1 aliphatic rings. The number of carbonyl (C=O) groups excluding carboxylic acids is 2. The van der Waals surface area contributed by atoms with Crippen molar-refractivity contribution in [3.05, 3.63) is 0 Å². The largest absolute Gasteiger partial charge is 0.356 e. The van der Waals surface area contributed by atoms with Crippen molar-refractivity contribution in [2.75, 3.05) is 6.54 Å². The van der Waals surface area contributed by atoms with E-state index in [1.807, 2.05) is 0 Å². The molecule has 1 saturated carbocycles. The van der Waals surface area contributed by atoms with Gasteiger partial charge in [0.25, 0.3) is 0 Å². The minimum absolute atomic E-state index is 0.000650. The lowest BCUT2D eigenvalue weighted by atomic mass is 9.78. The molecule has 4 heteroatoms. The molecule has 2 N–H and O–H groups in total. The highest BCUT2D eigenvalue weighted by molar-refractivity contribution is 5.83. The van der Waals surface area contributed by atoms with Gasteiger partial charge in [-0.2, -0.15) is 0 Å². The van der Waals surface area contributed by atoms with Crippen molar-refractivity contribution >= 4 is 11.8 Å². The third-order valence-electron chi connectivity index (χ3n) is 5.23. The summed E-state index contributed by atoms with van der Waals surface area (Å²) in [4.78, 5) is 23.8. The number of carbonyl (C=O) groups is 2. The number of nitrogens with one attached hydrogen (secondary N) is 2. The lowest BCUT2D eigenvalue weighted by Crippen LogP contribution is -2.43. The highest BCUT2D eigenvalue weighted by Crippen LogP contribution is 2.29. The number of hydrogen-bond donors (Lipinski definition) is 2. The van der Waals surface area contributed by atoms with Gasteiger partial charge in [-0.15, -0.1) is 0 Å².